The van der Waals surface area contributed by atoms with Gasteiger partial charge < -0.3 is 0 Å². The molecule has 0 unspecified atom stereocenters. The average molecular weight is 817 g/mol. The molecule has 10 aromatic rings. The molecule has 0 aliphatic rings. The van der Waals surface area contributed by atoms with Gasteiger partial charge in [-0.2, -0.15) is 0 Å². The summed E-state index contributed by atoms with van der Waals surface area (Å²) in [5.41, 5.74) is 11.0. The van der Waals surface area contributed by atoms with E-state index in [0.717, 1.165) is 38.9 Å². The van der Waals surface area contributed by atoms with Crippen LogP contribution in [0.5, 0.6) is 0 Å². The molecule has 0 fully saturated rings. The van der Waals surface area contributed by atoms with Crippen molar-refractivity contribution in [2.45, 2.75) is 73.1 Å². The largest absolute Gasteiger partial charge is 0.351 e. The van der Waals surface area contributed by atoms with Crippen LogP contribution >= 0.6 is 0 Å². The second kappa shape index (κ2) is 15.0. The number of hydrogen-bond acceptors (Lipinski definition) is 4. The zero-order valence-corrected chi connectivity index (χ0v) is 37.6. The quantitative estimate of drug-likeness (QED) is 0.129. The van der Waals surface area contributed by atoms with Crippen LogP contribution in [0.3, 0.4) is 0 Å². The minimum absolute atomic E-state index is 0.0248. The maximum Gasteiger partial charge on any atom is 0.351 e. The highest BCUT2D eigenvalue weighted by Crippen LogP contribution is 2.39. The van der Waals surface area contributed by atoms with Crippen LogP contribution in [-0.2, 0) is 24.9 Å². The fourth-order valence-electron chi connectivity index (χ4n) is 9.17. The van der Waals surface area contributed by atoms with E-state index in [0.29, 0.717) is 22.2 Å². The van der Waals surface area contributed by atoms with Crippen molar-refractivity contribution in [1.82, 2.24) is 20.2 Å². The molecule has 62 heavy (non-hydrogen) atoms. The number of halogens is 1. The van der Waals surface area contributed by atoms with Crippen LogP contribution in [0, 0.1) is 26.6 Å². The second-order valence-electron chi connectivity index (χ2n) is 18.8. The van der Waals surface area contributed by atoms with Gasteiger partial charge >= 0.3 is 11.6 Å². The van der Waals surface area contributed by atoms with Gasteiger partial charge in [-0.3, -0.25) is 0 Å². The number of nitrogens with zero attached hydrogens (tertiary/aromatic N) is 6. The molecule has 0 saturated heterocycles. The lowest BCUT2D eigenvalue weighted by molar-refractivity contribution is -0.720. The molecule has 0 saturated carbocycles. The summed E-state index contributed by atoms with van der Waals surface area (Å²) in [4.78, 5) is 10.00. The maximum atomic E-state index is 15.4. The number of fused-ring (bicyclic) bond motifs is 6. The van der Waals surface area contributed by atoms with E-state index in [9.17, 15) is 0 Å². The van der Waals surface area contributed by atoms with E-state index in [1.54, 1.807) is 10.7 Å². The fourth-order valence-corrected chi connectivity index (χ4v) is 9.17. The monoisotopic (exact) mass is 816 g/mol. The molecule has 0 amide bonds. The van der Waals surface area contributed by atoms with E-state index in [1.807, 2.05) is 43.0 Å². The minimum Gasteiger partial charge on any atom is -0.201 e. The molecule has 0 radical (unpaired) electrons. The van der Waals surface area contributed by atoms with Gasteiger partial charge in [0, 0.05) is 10.9 Å². The number of hydrogen-bond donors (Lipinski definition) is 0. The lowest BCUT2D eigenvalue weighted by atomic mass is 9.81. The molecular weight excluding hydrogens is 764 g/mol. The SMILES string of the molecule is Cc1c(-c2nc3c(C)c4ccccc4cc3n[n+]2C)cc(C(C)(C)C)c2ccccc12.Cc1c(-c2nc3c(F)c4ccccc4cc3n[n+]2C)cc(C(C)(C)C)c2ccccc12. The smallest absolute Gasteiger partial charge is 0.201 e. The van der Waals surface area contributed by atoms with Crippen LogP contribution < -0.4 is 9.36 Å². The molecule has 2 aromatic heterocycles. The molecule has 0 aliphatic heterocycles. The van der Waals surface area contributed by atoms with Crippen LogP contribution in [0.2, 0.25) is 0 Å². The standard InChI is InChI=1S/C28H28N3.C27H25FN3/c1-17-21-13-9-10-14-22(21)24(28(3,4)5)16-23(17)27-29-26-18(2)20-12-8-7-11-19(20)15-25(26)30-31(27)6;1-16-18-11-8-9-13-20(18)22(27(2,3)4)15-21(16)26-29-25-23(30-31(26)5)14-17-10-6-7-12-19(17)24(25)28/h7-16H,1-6H3;6-15H,1-5H3/q2*+1. The third kappa shape index (κ3) is 6.90. The molecular formula is C55H53FN6+2. The van der Waals surface area contributed by atoms with Gasteiger partial charge in [0.1, 0.15) is 14.1 Å². The van der Waals surface area contributed by atoms with Crippen molar-refractivity contribution in [1.29, 1.82) is 0 Å². The van der Waals surface area contributed by atoms with Gasteiger partial charge in [0.15, 0.2) is 16.9 Å². The lowest BCUT2D eigenvalue weighted by Gasteiger charge is -2.23. The highest BCUT2D eigenvalue weighted by Gasteiger charge is 2.29. The van der Waals surface area contributed by atoms with Crippen molar-refractivity contribution < 1.29 is 13.8 Å². The van der Waals surface area contributed by atoms with Crippen molar-refractivity contribution in [2.24, 2.45) is 14.1 Å². The van der Waals surface area contributed by atoms with Gasteiger partial charge in [0.2, 0.25) is 11.0 Å². The maximum absolute atomic E-state index is 15.4. The van der Waals surface area contributed by atoms with Crippen molar-refractivity contribution >= 4 is 65.2 Å². The Bertz CT molecular complexity index is 3220. The molecule has 0 spiro atoms. The first-order valence-electron chi connectivity index (χ1n) is 21.4. The van der Waals surface area contributed by atoms with Gasteiger partial charge in [-0.05, 0) is 126 Å². The highest BCUT2D eigenvalue weighted by atomic mass is 19.1. The fraction of sp³-hybridized carbons (Fsp3) is 0.236. The summed E-state index contributed by atoms with van der Waals surface area (Å²) >= 11 is 0. The molecule has 308 valence electrons. The Kier molecular flexibility index (Phi) is 9.85. The van der Waals surface area contributed by atoms with Crippen molar-refractivity contribution in [3.05, 3.63) is 155 Å². The Labute approximate surface area is 362 Å². The third-order valence-corrected chi connectivity index (χ3v) is 12.5. The van der Waals surface area contributed by atoms with Crippen LogP contribution in [0.1, 0.15) is 69.4 Å². The summed E-state index contributed by atoms with van der Waals surface area (Å²) < 4.78 is 19.1. The van der Waals surface area contributed by atoms with Crippen molar-refractivity contribution in [3.8, 4) is 22.8 Å². The minimum atomic E-state index is -0.322. The first-order valence-corrected chi connectivity index (χ1v) is 21.4. The Hall–Kier alpha value is -6.73. The number of benzene rings is 8. The summed E-state index contributed by atoms with van der Waals surface area (Å²) in [6.45, 7) is 19.9. The van der Waals surface area contributed by atoms with Gasteiger partial charge in [0.25, 0.3) is 0 Å². The van der Waals surface area contributed by atoms with Crippen LogP contribution in [0.25, 0.3) is 87.9 Å². The molecule has 0 atom stereocenters. The lowest BCUT2D eigenvalue weighted by Crippen LogP contribution is -2.37. The zero-order chi connectivity index (χ0) is 43.8. The molecule has 7 heteroatoms. The number of aromatic nitrogens is 6. The Morgan fingerprint density at radius 3 is 1.27 bits per heavy atom. The average Bonchev–Trinajstić information content (AvgIpc) is 3.24. The van der Waals surface area contributed by atoms with Gasteiger partial charge in [0.05, 0.1) is 11.1 Å². The summed E-state index contributed by atoms with van der Waals surface area (Å²) in [6.07, 6.45) is 0. The summed E-state index contributed by atoms with van der Waals surface area (Å²) in [5, 5.41) is 18.5. The van der Waals surface area contributed by atoms with E-state index in [1.165, 1.54) is 54.6 Å². The van der Waals surface area contributed by atoms with Gasteiger partial charge in [-0.25, -0.2) is 4.39 Å². The molecule has 2 heterocycles. The molecule has 0 bridgehead atoms. The zero-order valence-electron chi connectivity index (χ0n) is 37.6. The predicted octanol–water partition coefficient (Wildman–Crippen LogP) is 12.5. The molecule has 10 rings (SSSR count). The molecule has 0 N–H and O–H groups in total. The van der Waals surface area contributed by atoms with Gasteiger partial charge in [-0.1, -0.05) is 149 Å². The Morgan fingerprint density at radius 1 is 0.435 bits per heavy atom. The normalized spacial score (nSPS) is 12.2. The van der Waals surface area contributed by atoms with E-state index in [-0.39, 0.29) is 16.6 Å². The van der Waals surface area contributed by atoms with Gasteiger partial charge in [-0.15, -0.1) is 9.36 Å². The third-order valence-electron chi connectivity index (χ3n) is 12.5. The first kappa shape index (κ1) is 40.7. The molecule has 6 nitrogen and oxygen atoms in total. The number of rotatable bonds is 2. The van der Waals surface area contributed by atoms with Crippen molar-refractivity contribution in [3.63, 3.8) is 0 Å². The van der Waals surface area contributed by atoms with E-state index < -0.39 is 0 Å². The van der Waals surface area contributed by atoms with Crippen LogP contribution in [-0.4, -0.2) is 20.2 Å². The molecule has 8 aromatic carbocycles. The number of aryl methyl sites for hydroxylation is 5. The Balaban J connectivity index is 0.000000158. The highest BCUT2D eigenvalue weighted by molar-refractivity contribution is 6.00. The predicted molar refractivity (Wildman–Crippen MR) is 254 cm³/mol. The molecule has 0 aliphatic carbocycles. The summed E-state index contributed by atoms with van der Waals surface area (Å²) in [7, 11) is 3.87. The summed E-state index contributed by atoms with van der Waals surface area (Å²) in [6, 6.07) is 41.6. The first-order chi connectivity index (χ1) is 29.5. The van der Waals surface area contributed by atoms with E-state index in [4.69, 9.17) is 20.2 Å². The van der Waals surface area contributed by atoms with E-state index in [2.05, 4.69) is 153 Å². The topological polar surface area (TPSA) is 59.3 Å². The Morgan fingerprint density at radius 2 is 0.806 bits per heavy atom. The summed E-state index contributed by atoms with van der Waals surface area (Å²) in [5.74, 6) is 1.24. The van der Waals surface area contributed by atoms with Crippen LogP contribution in [0.4, 0.5) is 4.39 Å². The van der Waals surface area contributed by atoms with Crippen LogP contribution in [0.15, 0.2) is 121 Å². The van der Waals surface area contributed by atoms with E-state index >= 15 is 4.39 Å². The van der Waals surface area contributed by atoms with Crippen molar-refractivity contribution in [2.75, 3.05) is 0 Å². The second-order valence-corrected chi connectivity index (χ2v) is 18.8.